The second-order valence-corrected chi connectivity index (χ2v) is 5.02. The highest BCUT2D eigenvalue weighted by atomic mass is 79.9. The number of aromatic nitrogens is 1. The minimum absolute atomic E-state index is 0.570. The van der Waals surface area contributed by atoms with Gasteiger partial charge in [0.25, 0.3) is 0 Å². The van der Waals surface area contributed by atoms with E-state index >= 15 is 0 Å². The molecule has 2 nitrogen and oxygen atoms in total. The largest absolute Gasteiger partial charge is 0.489 e. The summed E-state index contributed by atoms with van der Waals surface area (Å²) in [5.74, 6) is 0.870. The lowest BCUT2D eigenvalue weighted by Gasteiger charge is -2.05. The maximum absolute atomic E-state index is 5.79. The van der Waals surface area contributed by atoms with E-state index in [0.29, 0.717) is 6.61 Å². The summed E-state index contributed by atoms with van der Waals surface area (Å²) >= 11 is 3.43. The molecule has 1 N–H and O–H groups in total. The van der Waals surface area contributed by atoms with E-state index in [2.05, 4.69) is 33.0 Å². The zero-order valence-corrected chi connectivity index (χ0v) is 11.3. The third kappa shape index (κ3) is 2.27. The van der Waals surface area contributed by atoms with E-state index in [9.17, 15) is 0 Å². The molecule has 0 aliphatic rings. The van der Waals surface area contributed by atoms with Crippen LogP contribution in [0.25, 0.3) is 10.9 Å². The Kier molecular flexibility index (Phi) is 3.07. The number of aromatic amines is 1. The van der Waals surface area contributed by atoms with E-state index in [0.717, 1.165) is 15.7 Å². The van der Waals surface area contributed by atoms with Crippen molar-refractivity contribution in [3.05, 3.63) is 64.8 Å². The second kappa shape index (κ2) is 4.86. The fraction of sp³-hybridized carbons (Fsp3) is 0.0667. The van der Waals surface area contributed by atoms with Gasteiger partial charge in [-0.25, -0.2) is 0 Å². The molecule has 0 unspecified atom stereocenters. The minimum atomic E-state index is 0.570. The van der Waals surface area contributed by atoms with Crippen molar-refractivity contribution in [3.8, 4) is 5.75 Å². The zero-order chi connectivity index (χ0) is 12.4. The molecule has 0 bridgehead atoms. The van der Waals surface area contributed by atoms with Gasteiger partial charge in [0.05, 0.1) is 0 Å². The molecule has 2 aromatic carbocycles. The van der Waals surface area contributed by atoms with Crippen molar-refractivity contribution in [3.63, 3.8) is 0 Å². The summed E-state index contributed by atoms with van der Waals surface area (Å²) in [5, 5.41) is 1.22. The number of H-pyrrole nitrogens is 1. The smallest absolute Gasteiger partial charge is 0.120 e. The van der Waals surface area contributed by atoms with Crippen LogP contribution < -0.4 is 4.74 Å². The zero-order valence-electron chi connectivity index (χ0n) is 9.69. The molecular formula is C15H12BrNO. The molecule has 0 atom stereocenters. The van der Waals surface area contributed by atoms with Gasteiger partial charge < -0.3 is 9.72 Å². The molecule has 1 aromatic heterocycles. The van der Waals surface area contributed by atoms with Gasteiger partial charge in [-0.3, -0.25) is 0 Å². The number of hydrogen-bond acceptors (Lipinski definition) is 1. The van der Waals surface area contributed by atoms with Gasteiger partial charge >= 0.3 is 0 Å². The highest BCUT2D eigenvalue weighted by Gasteiger charge is 2.03. The molecule has 3 aromatic rings. The van der Waals surface area contributed by atoms with Crippen LogP contribution in [0.15, 0.2) is 59.2 Å². The van der Waals surface area contributed by atoms with Crippen molar-refractivity contribution in [2.24, 2.45) is 0 Å². The van der Waals surface area contributed by atoms with Crippen molar-refractivity contribution in [2.75, 3.05) is 0 Å². The van der Waals surface area contributed by atoms with Crippen molar-refractivity contribution >= 4 is 26.8 Å². The Balaban J connectivity index is 1.81. The number of ether oxygens (including phenoxy) is 1. The lowest BCUT2D eigenvalue weighted by Crippen LogP contribution is -1.94. The van der Waals surface area contributed by atoms with Crippen molar-refractivity contribution in [1.29, 1.82) is 0 Å². The summed E-state index contributed by atoms with van der Waals surface area (Å²) in [6, 6.07) is 16.1. The summed E-state index contributed by atoms with van der Waals surface area (Å²) in [6.45, 7) is 0.570. The first-order valence-electron chi connectivity index (χ1n) is 5.76. The average molecular weight is 302 g/mol. The van der Waals surface area contributed by atoms with E-state index in [-0.39, 0.29) is 0 Å². The van der Waals surface area contributed by atoms with Crippen LogP contribution in [0.4, 0.5) is 0 Å². The third-order valence-electron chi connectivity index (χ3n) is 2.87. The van der Waals surface area contributed by atoms with Gasteiger partial charge in [-0.15, -0.1) is 0 Å². The van der Waals surface area contributed by atoms with Crippen LogP contribution in [0.5, 0.6) is 5.75 Å². The number of hydrogen-bond donors (Lipinski definition) is 1. The molecule has 0 saturated carbocycles. The molecule has 0 aliphatic carbocycles. The highest BCUT2D eigenvalue weighted by molar-refractivity contribution is 9.10. The normalized spacial score (nSPS) is 10.7. The summed E-state index contributed by atoms with van der Waals surface area (Å²) in [4.78, 5) is 3.25. The predicted octanol–water partition coefficient (Wildman–Crippen LogP) is 4.51. The van der Waals surface area contributed by atoms with Gasteiger partial charge in [0, 0.05) is 27.1 Å². The molecule has 0 aliphatic heterocycles. The number of para-hydroxylation sites is 1. The molecule has 18 heavy (non-hydrogen) atoms. The highest BCUT2D eigenvalue weighted by Crippen LogP contribution is 2.22. The molecule has 1 heterocycles. The van der Waals surface area contributed by atoms with E-state index in [1.54, 1.807) is 0 Å². The maximum atomic E-state index is 5.79. The number of fused-ring (bicyclic) bond motifs is 1. The fourth-order valence-corrected chi connectivity index (χ4v) is 2.35. The Hall–Kier alpha value is -1.74. The van der Waals surface area contributed by atoms with Crippen molar-refractivity contribution in [1.82, 2.24) is 4.98 Å². The third-order valence-corrected chi connectivity index (χ3v) is 3.36. The molecular weight excluding hydrogens is 290 g/mol. The van der Waals surface area contributed by atoms with Gasteiger partial charge in [0.1, 0.15) is 12.4 Å². The maximum Gasteiger partial charge on any atom is 0.120 e. The van der Waals surface area contributed by atoms with Crippen LogP contribution in [-0.4, -0.2) is 4.98 Å². The molecule has 90 valence electrons. The molecule has 0 saturated heterocycles. The van der Waals surface area contributed by atoms with E-state index in [1.807, 2.05) is 42.6 Å². The molecule has 0 spiro atoms. The van der Waals surface area contributed by atoms with Crippen molar-refractivity contribution in [2.45, 2.75) is 6.61 Å². The number of rotatable bonds is 3. The Bertz CT molecular complexity index is 675. The van der Waals surface area contributed by atoms with Gasteiger partial charge in [-0.2, -0.15) is 0 Å². The lowest BCUT2D eigenvalue weighted by molar-refractivity contribution is 0.307. The van der Waals surface area contributed by atoms with Gasteiger partial charge in [-0.1, -0.05) is 40.2 Å². The van der Waals surface area contributed by atoms with Crippen LogP contribution in [0.2, 0.25) is 0 Å². The van der Waals surface area contributed by atoms with E-state index in [1.165, 1.54) is 10.9 Å². The van der Waals surface area contributed by atoms with Gasteiger partial charge in [-0.05, 0) is 24.3 Å². The first kappa shape index (κ1) is 11.4. The van der Waals surface area contributed by atoms with Gasteiger partial charge in [0.15, 0.2) is 0 Å². The van der Waals surface area contributed by atoms with E-state index < -0.39 is 0 Å². The van der Waals surface area contributed by atoms with Crippen LogP contribution in [0.3, 0.4) is 0 Å². The van der Waals surface area contributed by atoms with Crippen LogP contribution in [0.1, 0.15) is 5.56 Å². The van der Waals surface area contributed by atoms with Crippen LogP contribution in [-0.2, 0) is 6.61 Å². The monoisotopic (exact) mass is 301 g/mol. The Labute approximate surface area is 114 Å². The van der Waals surface area contributed by atoms with Crippen LogP contribution >= 0.6 is 15.9 Å². The average Bonchev–Trinajstić information content (AvgIpc) is 2.80. The first-order chi connectivity index (χ1) is 8.83. The number of nitrogens with one attached hydrogen (secondary N) is 1. The summed E-state index contributed by atoms with van der Waals surface area (Å²) in [6.07, 6.45) is 2.00. The number of halogens is 1. The summed E-state index contributed by atoms with van der Waals surface area (Å²) < 4.78 is 6.82. The molecule has 0 radical (unpaired) electrons. The molecule has 3 heteroatoms. The Morgan fingerprint density at radius 2 is 1.94 bits per heavy atom. The fourth-order valence-electron chi connectivity index (χ4n) is 1.97. The Morgan fingerprint density at radius 3 is 2.83 bits per heavy atom. The Morgan fingerprint density at radius 1 is 1.06 bits per heavy atom. The van der Waals surface area contributed by atoms with Crippen molar-refractivity contribution < 1.29 is 4.74 Å². The lowest BCUT2D eigenvalue weighted by atomic mass is 10.2. The first-order valence-corrected chi connectivity index (χ1v) is 6.55. The molecule has 3 rings (SSSR count). The van der Waals surface area contributed by atoms with Crippen LogP contribution in [0, 0.1) is 0 Å². The summed E-state index contributed by atoms with van der Waals surface area (Å²) in [7, 11) is 0. The molecule has 0 fully saturated rings. The molecule has 0 amide bonds. The quantitative estimate of drug-likeness (QED) is 0.756. The summed E-state index contributed by atoms with van der Waals surface area (Å²) in [5.41, 5.74) is 2.32. The number of benzene rings is 2. The predicted molar refractivity (Wildman–Crippen MR) is 76.8 cm³/mol. The van der Waals surface area contributed by atoms with E-state index in [4.69, 9.17) is 4.74 Å². The topological polar surface area (TPSA) is 25.0 Å². The minimum Gasteiger partial charge on any atom is -0.489 e. The second-order valence-electron chi connectivity index (χ2n) is 4.11. The van der Waals surface area contributed by atoms with Gasteiger partial charge in [0.2, 0.25) is 0 Å². The SMILES string of the molecule is Brc1cccc(OCc2c[nH]c3ccccc23)c1. The standard InChI is InChI=1S/C15H12BrNO/c16-12-4-3-5-13(8-12)18-10-11-9-17-15-7-2-1-6-14(11)15/h1-9,17H,10H2.